The molecule has 3 saturated heterocycles. The van der Waals surface area contributed by atoms with Crippen molar-refractivity contribution in [2.75, 3.05) is 13.1 Å². The van der Waals surface area contributed by atoms with E-state index in [0.29, 0.717) is 0 Å². The molecule has 2 nitrogen and oxygen atoms in total. The molecule has 0 spiro atoms. The maximum Gasteiger partial charge on any atom is 0.0125 e. The van der Waals surface area contributed by atoms with Crippen molar-refractivity contribution in [2.45, 2.75) is 56.7 Å². The molecule has 3 fully saturated rings. The molecule has 2 bridgehead atoms. The van der Waals surface area contributed by atoms with Crippen LogP contribution in [0.25, 0.3) is 0 Å². The van der Waals surface area contributed by atoms with E-state index in [9.17, 15) is 0 Å². The van der Waals surface area contributed by atoms with Gasteiger partial charge in [0.2, 0.25) is 0 Å². The predicted molar refractivity (Wildman–Crippen MR) is 68.3 cm³/mol. The molecule has 0 aromatic heterocycles. The Bertz CT molecular complexity index is 183. The third kappa shape index (κ3) is 2.79. The lowest BCUT2D eigenvalue weighted by Gasteiger charge is -2.35. The molecule has 0 amide bonds. The van der Waals surface area contributed by atoms with Gasteiger partial charge in [-0.25, -0.2) is 0 Å². The summed E-state index contributed by atoms with van der Waals surface area (Å²) in [5, 5.41) is 3.72. The highest BCUT2D eigenvalue weighted by Gasteiger charge is 2.36. The Morgan fingerprint density at radius 2 is 1.40 bits per heavy atom. The van der Waals surface area contributed by atoms with Crippen LogP contribution in [0.2, 0.25) is 0 Å². The molecule has 3 aliphatic rings. The normalized spacial score (nSPS) is 39.6. The van der Waals surface area contributed by atoms with Crippen molar-refractivity contribution in [2.24, 2.45) is 0 Å². The Morgan fingerprint density at radius 1 is 0.867 bits per heavy atom. The molecule has 90 valence electrons. The summed E-state index contributed by atoms with van der Waals surface area (Å²) < 4.78 is 0. The smallest absolute Gasteiger partial charge is 0.0125 e. The van der Waals surface area contributed by atoms with Crippen LogP contribution in [0.4, 0.5) is 0 Å². The zero-order valence-corrected chi connectivity index (χ0v) is 10.8. The molecule has 0 aromatic carbocycles. The van der Waals surface area contributed by atoms with Gasteiger partial charge in [-0.3, -0.25) is 0 Å². The standard InChI is InChI=1S/C11H20N2.2ClH/c1-2-6-13(5-1)11-7-9-3-4-10(8-11)12-9;;/h9-12H,1-8H2;2*1H/t9-,10+,11?;;. The summed E-state index contributed by atoms with van der Waals surface area (Å²) in [7, 11) is 0. The molecule has 4 heteroatoms. The number of hydrogen-bond donors (Lipinski definition) is 1. The fourth-order valence-corrected chi connectivity index (χ4v) is 3.43. The summed E-state index contributed by atoms with van der Waals surface area (Å²) in [4.78, 5) is 2.74. The Balaban J connectivity index is 0.000000562. The number of halogens is 2. The molecular formula is C11H22Cl2N2. The van der Waals surface area contributed by atoms with Gasteiger partial charge in [-0.15, -0.1) is 24.8 Å². The van der Waals surface area contributed by atoms with E-state index in [1.54, 1.807) is 0 Å². The average Bonchev–Trinajstić information content (AvgIpc) is 2.75. The third-order valence-corrected chi connectivity index (χ3v) is 4.11. The highest BCUT2D eigenvalue weighted by Crippen LogP contribution is 2.31. The lowest BCUT2D eigenvalue weighted by Crippen LogP contribution is -2.47. The summed E-state index contributed by atoms with van der Waals surface area (Å²) in [5.41, 5.74) is 0. The van der Waals surface area contributed by atoms with Crippen molar-refractivity contribution in [1.82, 2.24) is 10.2 Å². The Hall–Kier alpha value is 0.500. The maximum absolute atomic E-state index is 3.72. The number of piperidine rings is 1. The zero-order chi connectivity index (χ0) is 8.67. The minimum absolute atomic E-state index is 0. The van der Waals surface area contributed by atoms with Gasteiger partial charge in [-0.2, -0.15) is 0 Å². The molecule has 1 N–H and O–H groups in total. The summed E-state index contributed by atoms with van der Waals surface area (Å²) in [5.74, 6) is 0. The largest absolute Gasteiger partial charge is 0.311 e. The first-order valence-electron chi connectivity index (χ1n) is 5.92. The molecule has 15 heavy (non-hydrogen) atoms. The molecule has 3 aliphatic heterocycles. The van der Waals surface area contributed by atoms with Crippen LogP contribution in [-0.2, 0) is 0 Å². The van der Waals surface area contributed by atoms with E-state index in [1.165, 1.54) is 51.6 Å². The van der Waals surface area contributed by atoms with Gasteiger partial charge in [0, 0.05) is 18.1 Å². The highest BCUT2D eigenvalue weighted by molar-refractivity contribution is 5.85. The zero-order valence-electron chi connectivity index (χ0n) is 9.15. The first-order chi connectivity index (χ1) is 6.42. The number of rotatable bonds is 1. The van der Waals surface area contributed by atoms with E-state index in [-0.39, 0.29) is 24.8 Å². The Morgan fingerprint density at radius 3 is 1.93 bits per heavy atom. The van der Waals surface area contributed by atoms with Crippen molar-refractivity contribution >= 4 is 24.8 Å². The van der Waals surface area contributed by atoms with Crippen LogP contribution in [0.15, 0.2) is 0 Å². The summed E-state index contributed by atoms with van der Waals surface area (Å²) in [6.45, 7) is 2.76. The van der Waals surface area contributed by atoms with E-state index in [0.717, 1.165) is 18.1 Å². The number of hydrogen-bond acceptors (Lipinski definition) is 2. The topological polar surface area (TPSA) is 15.3 Å². The second-order valence-corrected chi connectivity index (χ2v) is 5.01. The van der Waals surface area contributed by atoms with Gasteiger partial charge in [-0.1, -0.05) is 0 Å². The van der Waals surface area contributed by atoms with Crippen molar-refractivity contribution in [3.05, 3.63) is 0 Å². The molecule has 0 radical (unpaired) electrons. The molecule has 3 heterocycles. The fraction of sp³-hybridized carbons (Fsp3) is 1.00. The quantitative estimate of drug-likeness (QED) is 0.770. The monoisotopic (exact) mass is 252 g/mol. The van der Waals surface area contributed by atoms with E-state index in [2.05, 4.69) is 10.2 Å². The number of fused-ring (bicyclic) bond motifs is 2. The van der Waals surface area contributed by atoms with Gasteiger partial charge in [0.05, 0.1) is 0 Å². The first-order valence-corrected chi connectivity index (χ1v) is 5.92. The van der Waals surface area contributed by atoms with Crippen LogP contribution < -0.4 is 5.32 Å². The molecule has 3 atom stereocenters. The van der Waals surface area contributed by atoms with Crippen LogP contribution in [0, 0.1) is 0 Å². The minimum Gasteiger partial charge on any atom is -0.311 e. The van der Waals surface area contributed by atoms with Crippen LogP contribution in [0.5, 0.6) is 0 Å². The Labute approximate surface area is 105 Å². The number of nitrogens with one attached hydrogen (secondary N) is 1. The Kier molecular flexibility index (Phi) is 5.17. The predicted octanol–water partition coefficient (Wildman–Crippen LogP) is 2.21. The van der Waals surface area contributed by atoms with Crippen LogP contribution in [0.3, 0.4) is 0 Å². The second-order valence-electron chi connectivity index (χ2n) is 5.01. The summed E-state index contributed by atoms with van der Waals surface area (Å²) in [6, 6.07) is 2.66. The van der Waals surface area contributed by atoms with Crippen molar-refractivity contribution in [3.63, 3.8) is 0 Å². The minimum atomic E-state index is 0. The van der Waals surface area contributed by atoms with E-state index >= 15 is 0 Å². The summed E-state index contributed by atoms with van der Waals surface area (Å²) >= 11 is 0. The van der Waals surface area contributed by atoms with Crippen LogP contribution >= 0.6 is 24.8 Å². The van der Waals surface area contributed by atoms with Crippen LogP contribution in [-0.4, -0.2) is 36.1 Å². The lowest BCUT2D eigenvalue weighted by atomic mass is 9.99. The van der Waals surface area contributed by atoms with E-state index in [4.69, 9.17) is 0 Å². The van der Waals surface area contributed by atoms with Gasteiger partial charge in [0.15, 0.2) is 0 Å². The van der Waals surface area contributed by atoms with Crippen molar-refractivity contribution in [3.8, 4) is 0 Å². The highest BCUT2D eigenvalue weighted by atomic mass is 35.5. The fourth-order valence-electron chi connectivity index (χ4n) is 3.43. The van der Waals surface area contributed by atoms with Gasteiger partial charge >= 0.3 is 0 Å². The van der Waals surface area contributed by atoms with Gasteiger partial charge < -0.3 is 10.2 Å². The molecular weight excluding hydrogens is 231 g/mol. The van der Waals surface area contributed by atoms with Crippen molar-refractivity contribution < 1.29 is 0 Å². The van der Waals surface area contributed by atoms with Gasteiger partial charge in [0.25, 0.3) is 0 Å². The molecule has 1 unspecified atom stereocenters. The van der Waals surface area contributed by atoms with Crippen molar-refractivity contribution in [1.29, 1.82) is 0 Å². The van der Waals surface area contributed by atoms with Gasteiger partial charge in [-0.05, 0) is 51.6 Å². The molecule has 0 aromatic rings. The number of nitrogens with zero attached hydrogens (tertiary/aromatic N) is 1. The summed E-state index contributed by atoms with van der Waals surface area (Å²) in [6.07, 6.45) is 8.62. The van der Waals surface area contributed by atoms with E-state index in [1.807, 2.05) is 0 Å². The van der Waals surface area contributed by atoms with E-state index < -0.39 is 0 Å². The molecule has 3 rings (SSSR count). The third-order valence-electron chi connectivity index (χ3n) is 4.11. The first kappa shape index (κ1) is 13.6. The van der Waals surface area contributed by atoms with Crippen LogP contribution in [0.1, 0.15) is 38.5 Å². The second kappa shape index (κ2) is 5.72. The molecule has 0 saturated carbocycles. The SMILES string of the molecule is C1CCN(C2C[C@H]3CC[C@@H](C2)N3)C1.Cl.Cl. The number of likely N-dealkylation sites (tertiary alicyclic amines) is 1. The average molecular weight is 253 g/mol. The molecule has 0 aliphatic carbocycles. The lowest BCUT2D eigenvalue weighted by molar-refractivity contribution is 0.172. The maximum atomic E-state index is 3.72. The van der Waals surface area contributed by atoms with Gasteiger partial charge in [0.1, 0.15) is 0 Å².